The van der Waals surface area contributed by atoms with Gasteiger partial charge in [0.05, 0.1) is 5.02 Å². The Labute approximate surface area is 155 Å². The van der Waals surface area contributed by atoms with Crippen LogP contribution in [0.1, 0.15) is 11.8 Å². The van der Waals surface area contributed by atoms with Crippen LogP contribution in [0.4, 0.5) is 5.69 Å². The van der Waals surface area contributed by atoms with Crippen LogP contribution < -0.4 is 15.0 Å². The number of hydrogen-bond acceptors (Lipinski definition) is 3. The summed E-state index contributed by atoms with van der Waals surface area (Å²) in [5.74, 6) is 0.683. The molecule has 1 aliphatic heterocycles. The smallest absolute Gasteiger partial charge is 0.217 e. The van der Waals surface area contributed by atoms with Crippen molar-refractivity contribution in [3.8, 4) is 5.75 Å². The predicted octanol–water partition coefficient (Wildman–Crippen LogP) is 3.21. The van der Waals surface area contributed by atoms with Gasteiger partial charge in [-0.15, -0.1) is 0 Å². The Morgan fingerprint density at radius 2 is 2.00 bits per heavy atom. The molecule has 4 nitrogen and oxygen atoms in total. The molecule has 0 saturated carbocycles. The van der Waals surface area contributed by atoms with Crippen molar-refractivity contribution in [3.05, 3.63) is 57.5 Å². The standard InChI is InChI=1S/C18H20BrClN2O2/c1-22(2)14-6-3-12(4-7-14)18-21-10-15(24-18)11-23-17-8-5-13(19)9-16(17)20/h3-9,15,18,21H,10-11H2,1-2H3/p+1/t15-,18+/m1/s1. The van der Waals surface area contributed by atoms with Crippen molar-refractivity contribution >= 4 is 33.2 Å². The molecule has 0 spiro atoms. The number of halogens is 2. The van der Waals surface area contributed by atoms with E-state index in [9.17, 15) is 0 Å². The van der Waals surface area contributed by atoms with E-state index in [-0.39, 0.29) is 12.3 Å². The molecule has 0 aliphatic carbocycles. The lowest BCUT2D eigenvalue weighted by molar-refractivity contribution is -0.697. The number of ether oxygens (including phenoxy) is 2. The van der Waals surface area contributed by atoms with E-state index in [0.717, 1.165) is 11.0 Å². The molecule has 0 radical (unpaired) electrons. The summed E-state index contributed by atoms with van der Waals surface area (Å²) >= 11 is 9.56. The third-order valence-corrected chi connectivity index (χ3v) is 4.80. The summed E-state index contributed by atoms with van der Waals surface area (Å²) < 4.78 is 12.8. The van der Waals surface area contributed by atoms with Crippen molar-refractivity contribution in [3.63, 3.8) is 0 Å². The van der Waals surface area contributed by atoms with E-state index in [1.54, 1.807) is 0 Å². The Kier molecular flexibility index (Phi) is 5.66. The van der Waals surface area contributed by atoms with Crippen molar-refractivity contribution in [1.82, 2.24) is 0 Å². The maximum Gasteiger partial charge on any atom is 0.217 e. The van der Waals surface area contributed by atoms with Crippen LogP contribution in [0.3, 0.4) is 0 Å². The van der Waals surface area contributed by atoms with Crippen LogP contribution in [0.5, 0.6) is 5.75 Å². The van der Waals surface area contributed by atoms with Gasteiger partial charge < -0.3 is 19.7 Å². The molecule has 0 aromatic heterocycles. The molecule has 2 aromatic rings. The van der Waals surface area contributed by atoms with E-state index in [2.05, 4.69) is 50.4 Å². The Balaban J connectivity index is 1.55. The zero-order chi connectivity index (χ0) is 17.1. The zero-order valence-electron chi connectivity index (χ0n) is 13.7. The van der Waals surface area contributed by atoms with Crippen molar-refractivity contribution in [2.24, 2.45) is 0 Å². The molecule has 0 bridgehead atoms. The van der Waals surface area contributed by atoms with Crippen LogP contribution in [-0.4, -0.2) is 33.4 Å². The minimum absolute atomic E-state index is 0.0233. The van der Waals surface area contributed by atoms with Gasteiger partial charge in [-0.3, -0.25) is 0 Å². The molecule has 1 heterocycles. The molecule has 128 valence electrons. The van der Waals surface area contributed by atoms with Gasteiger partial charge in [0.1, 0.15) is 25.0 Å². The Bertz CT molecular complexity index is 694. The largest absolute Gasteiger partial charge is 0.489 e. The van der Waals surface area contributed by atoms with E-state index in [1.165, 1.54) is 11.3 Å². The molecule has 6 heteroatoms. The molecule has 0 unspecified atom stereocenters. The minimum Gasteiger partial charge on any atom is -0.489 e. The average Bonchev–Trinajstić information content (AvgIpc) is 3.03. The van der Waals surface area contributed by atoms with Gasteiger partial charge in [-0.05, 0) is 42.5 Å². The van der Waals surface area contributed by atoms with Crippen LogP contribution >= 0.6 is 27.5 Å². The molecule has 1 aliphatic rings. The molecular formula is C18H21BrClN2O2+. The quantitative estimate of drug-likeness (QED) is 0.819. The maximum atomic E-state index is 6.17. The highest BCUT2D eigenvalue weighted by molar-refractivity contribution is 9.10. The molecular weight excluding hydrogens is 392 g/mol. The lowest BCUT2D eigenvalue weighted by Crippen LogP contribution is -2.82. The monoisotopic (exact) mass is 411 g/mol. The third-order valence-electron chi connectivity index (χ3n) is 4.01. The van der Waals surface area contributed by atoms with Gasteiger partial charge in [0.2, 0.25) is 6.23 Å². The number of rotatable bonds is 5. The molecule has 24 heavy (non-hydrogen) atoms. The van der Waals surface area contributed by atoms with Gasteiger partial charge >= 0.3 is 0 Å². The Morgan fingerprint density at radius 3 is 2.67 bits per heavy atom. The van der Waals surface area contributed by atoms with Crippen molar-refractivity contribution in [1.29, 1.82) is 0 Å². The normalized spacial score (nSPS) is 20.2. The molecule has 2 aromatic carbocycles. The van der Waals surface area contributed by atoms with Crippen LogP contribution in [0.25, 0.3) is 0 Å². The fraction of sp³-hybridized carbons (Fsp3) is 0.333. The summed E-state index contributed by atoms with van der Waals surface area (Å²) in [6.07, 6.45) is 0.0680. The van der Waals surface area contributed by atoms with Gasteiger partial charge in [-0.1, -0.05) is 27.5 Å². The van der Waals surface area contributed by atoms with Crippen molar-refractivity contribution in [2.75, 3.05) is 32.1 Å². The van der Waals surface area contributed by atoms with Crippen LogP contribution in [0.15, 0.2) is 46.9 Å². The number of quaternary nitrogens is 1. The van der Waals surface area contributed by atoms with Crippen molar-refractivity contribution in [2.45, 2.75) is 12.3 Å². The fourth-order valence-corrected chi connectivity index (χ4v) is 3.38. The molecule has 3 rings (SSSR count). The van der Waals surface area contributed by atoms with Crippen LogP contribution in [0.2, 0.25) is 5.02 Å². The van der Waals surface area contributed by atoms with Gasteiger partial charge in [0, 0.05) is 29.8 Å². The first-order valence-electron chi connectivity index (χ1n) is 7.87. The maximum absolute atomic E-state index is 6.17. The number of anilines is 1. The first kappa shape index (κ1) is 17.5. The predicted molar refractivity (Wildman–Crippen MR) is 99.8 cm³/mol. The highest BCUT2D eigenvalue weighted by Crippen LogP contribution is 2.28. The average molecular weight is 413 g/mol. The molecule has 0 amide bonds. The van der Waals surface area contributed by atoms with E-state index < -0.39 is 0 Å². The van der Waals surface area contributed by atoms with Crippen LogP contribution in [0, 0.1) is 0 Å². The SMILES string of the molecule is CN(C)c1ccc([C@H]2[NH2+]C[C@H](COc3ccc(Br)cc3Cl)O2)cc1. The fourth-order valence-electron chi connectivity index (χ4n) is 2.65. The molecule has 1 fully saturated rings. The van der Waals surface area contributed by atoms with E-state index in [0.29, 0.717) is 17.4 Å². The number of nitrogens with two attached hydrogens (primary N) is 1. The van der Waals surface area contributed by atoms with Gasteiger partial charge in [0.25, 0.3) is 0 Å². The van der Waals surface area contributed by atoms with Gasteiger partial charge in [-0.2, -0.15) is 0 Å². The Hall–Kier alpha value is -1.27. The van der Waals surface area contributed by atoms with Crippen molar-refractivity contribution < 1.29 is 14.8 Å². The highest BCUT2D eigenvalue weighted by atomic mass is 79.9. The lowest BCUT2D eigenvalue weighted by Gasteiger charge is -2.14. The second-order valence-corrected chi connectivity index (χ2v) is 7.34. The summed E-state index contributed by atoms with van der Waals surface area (Å²) in [4.78, 5) is 2.08. The first-order chi connectivity index (χ1) is 11.5. The number of hydrogen-bond donors (Lipinski definition) is 1. The number of benzene rings is 2. The first-order valence-corrected chi connectivity index (χ1v) is 9.04. The summed E-state index contributed by atoms with van der Waals surface area (Å²) in [5, 5.41) is 2.80. The molecule has 2 atom stereocenters. The summed E-state index contributed by atoms with van der Waals surface area (Å²) in [6, 6.07) is 14.1. The summed E-state index contributed by atoms with van der Waals surface area (Å²) in [6.45, 7) is 1.36. The topological polar surface area (TPSA) is 38.3 Å². The molecule has 2 N–H and O–H groups in total. The summed E-state index contributed by atoms with van der Waals surface area (Å²) in [7, 11) is 4.07. The van der Waals surface area contributed by atoms with E-state index in [1.807, 2.05) is 32.3 Å². The van der Waals surface area contributed by atoms with Gasteiger partial charge in [0.15, 0.2) is 0 Å². The molecule has 1 saturated heterocycles. The summed E-state index contributed by atoms with van der Waals surface area (Å²) in [5.41, 5.74) is 2.35. The third kappa shape index (κ3) is 4.22. The minimum atomic E-state index is 0.0233. The Morgan fingerprint density at radius 1 is 1.25 bits per heavy atom. The highest BCUT2D eigenvalue weighted by Gasteiger charge is 2.30. The lowest BCUT2D eigenvalue weighted by atomic mass is 10.2. The second-order valence-electron chi connectivity index (χ2n) is 6.02. The second kappa shape index (κ2) is 7.74. The zero-order valence-corrected chi connectivity index (χ0v) is 16.0. The van der Waals surface area contributed by atoms with E-state index in [4.69, 9.17) is 21.1 Å². The van der Waals surface area contributed by atoms with E-state index >= 15 is 0 Å². The van der Waals surface area contributed by atoms with Gasteiger partial charge in [-0.25, -0.2) is 0 Å². The van der Waals surface area contributed by atoms with Crippen LogP contribution in [-0.2, 0) is 4.74 Å². The number of nitrogens with zero attached hydrogens (tertiary/aromatic N) is 1.